The first kappa shape index (κ1) is 16.7. The molecule has 0 unspecified atom stereocenters. The van der Waals surface area contributed by atoms with Crippen LogP contribution < -0.4 is 10.1 Å². The van der Waals surface area contributed by atoms with E-state index in [4.69, 9.17) is 9.47 Å². The molecule has 5 nitrogen and oxygen atoms in total. The highest BCUT2D eigenvalue weighted by Crippen LogP contribution is 2.18. The van der Waals surface area contributed by atoms with Crippen molar-refractivity contribution in [1.29, 1.82) is 0 Å². The van der Waals surface area contributed by atoms with E-state index in [0.717, 1.165) is 22.4 Å². The molecule has 0 saturated carbocycles. The number of rotatable bonds is 7. The summed E-state index contributed by atoms with van der Waals surface area (Å²) in [5.74, 6) is 0.593. The average molecular weight is 312 g/mol. The molecule has 1 amide bonds. The summed E-state index contributed by atoms with van der Waals surface area (Å²) in [6.07, 6.45) is 5.02. The number of pyridine rings is 1. The first-order valence-corrected chi connectivity index (χ1v) is 7.26. The molecule has 0 fully saturated rings. The predicted octanol–water partition coefficient (Wildman–Crippen LogP) is 2.78. The molecule has 120 valence electrons. The molecule has 5 heteroatoms. The summed E-state index contributed by atoms with van der Waals surface area (Å²) in [5.41, 5.74) is 2.81. The minimum atomic E-state index is -0.133. The van der Waals surface area contributed by atoms with Crippen LogP contribution in [0.4, 0.5) is 0 Å². The van der Waals surface area contributed by atoms with Gasteiger partial charge in [-0.2, -0.15) is 0 Å². The second-order valence-electron chi connectivity index (χ2n) is 4.98. The summed E-state index contributed by atoms with van der Waals surface area (Å²) in [5, 5.41) is 2.84. The predicted molar refractivity (Wildman–Crippen MR) is 88.7 cm³/mol. The lowest BCUT2D eigenvalue weighted by Gasteiger charge is -2.07. The molecule has 0 aliphatic carbocycles. The van der Waals surface area contributed by atoms with Crippen LogP contribution >= 0.6 is 0 Å². The minimum absolute atomic E-state index is 0.133. The van der Waals surface area contributed by atoms with Gasteiger partial charge >= 0.3 is 0 Å². The third-order valence-electron chi connectivity index (χ3n) is 3.19. The summed E-state index contributed by atoms with van der Waals surface area (Å²) in [7, 11) is 1.57. The Bertz CT molecular complexity index is 652. The smallest absolute Gasteiger partial charge is 0.244 e. The quantitative estimate of drug-likeness (QED) is 0.631. The van der Waals surface area contributed by atoms with Crippen molar-refractivity contribution in [2.75, 3.05) is 13.9 Å². The van der Waals surface area contributed by atoms with E-state index in [1.165, 1.54) is 0 Å². The largest absolute Gasteiger partial charge is 0.468 e. The minimum Gasteiger partial charge on any atom is -0.468 e. The van der Waals surface area contributed by atoms with Gasteiger partial charge in [-0.3, -0.25) is 9.78 Å². The van der Waals surface area contributed by atoms with Crippen LogP contribution in [0.2, 0.25) is 0 Å². The van der Waals surface area contributed by atoms with Gasteiger partial charge in [-0.05, 0) is 41.8 Å². The van der Waals surface area contributed by atoms with E-state index >= 15 is 0 Å². The Kier molecular flexibility index (Phi) is 6.32. The fourth-order valence-corrected chi connectivity index (χ4v) is 1.96. The van der Waals surface area contributed by atoms with Gasteiger partial charge in [0.1, 0.15) is 5.75 Å². The number of allylic oxidation sites excluding steroid dienone is 1. The lowest BCUT2D eigenvalue weighted by atomic mass is 10.1. The van der Waals surface area contributed by atoms with Crippen LogP contribution in [0, 0.1) is 0 Å². The number of nitrogens with zero attached hydrogens (tertiary/aromatic N) is 1. The number of benzene rings is 1. The Balaban J connectivity index is 1.91. The molecule has 2 aromatic rings. The topological polar surface area (TPSA) is 60.5 Å². The van der Waals surface area contributed by atoms with E-state index in [0.29, 0.717) is 6.54 Å². The Hall–Kier alpha value is -2.66. The van der Waals surface area contributed by atoms with E-state index in [1.807, 2.05) is 43.3 Å². The highest BCUT2D eigenvalue weighted by atomic mass is 16.7. The summed E-state index contributed by atoms with van der Waals surface area (Å²) in [4.78, 5) is 16.0. The molecule has 0 spiro atoms. The van der Waals surface area contributed by atoms with Crippen LogP contribution in [0.1, 0.15) is 18.1 Å². The molecule has 1 heterocycles. The third kappa shape index (κ3) is 5.56. The second kappa shape index (κ2) is 8.70. The maximum absolute atomic E-state index is 12.0. The van der Waals surface area contributed by atoms with Crippen molar-refractivity contribution >= 4 is 11.5 Å². The molecule has 23 heavy (non-hydrogen) atoms. The van der Waals surface area contributed by atoms with Crippen LogP contribution in [-0.2, 0) is 16.1 Å². The average Bonchev–Trinajstić information content (AvgIpc) is 2.59. The molecule has 0 radical (unpaired) electrons. The van der Waals surface area contributed by atoms with Crippen molar-refractivity contribution in [3.63, 3.8) is 0 Å². The summed E-state index contributed by atoms with van der Waals surface area (Å²) < 4.78 is 10.2. The SMILES string of the molecule is COCOc1ccc(/C(C)=C\C(=O)NCc2cccnc2)cc1. The number of hydrogen-bond acceptors (Lipinski definition) is 4. The van der Waals surface area contributed by atoms with E-state index in [-0.39, 0.29) is 12.7 Å². The van der Waals surface area contributed by atoms with Gasteiger partial charge in [-0.15, -0.1) is 0 Å². The van der Waals surface area contributed by atoms with Gasteiger partial charge in [0.25, 0.3) is 0 Å². The molecule has 0 saturated heterocycles. The number of aromatic nitrogens is 1. The van der Waals surface area contributed by atoms with Crippen molar-refractivity contribution in [2.45, 2.75) is 13.5 Å². The third-order valence-corrected chi connectivity index (χ3v) is 3.19. The molecular formula is C18H20N2O3. The number of nitrogens with one attached hydrogen (secondary N) is 1. The van der Waals surface area contributed by atoms with E-state index < -0.39 is 0 Å². The van der Waals surface area contributed by atoms with Crippen molar-refractivity contribution in [1.82, 2.24) is 10.3 Å². The molecular weight excluding hydrogens is 292 g/mol. The van der Waals surface area contributed by atoms with Crippen LogP contribution in [0.25, 0.3) is 5.57 Å². The summed E-state index contributed by atoms with van der Waals surface area (Å²) in [6.45, 7) is 2.57. The summed E-state index contributed by atoms with van der Waals surface area (Å²) >= 11 is 0. The Labute approximate surface area is 136 Å². The maximum Gasteiger partial charge on any atom is 0.244 e. The zero-order valence-corrected chi connectivity index (χ0v) is 13.3. The van der Waals surface area contributed by atoms with Gasteiger partial charge < -0.3 is 14.8 Å². The number of hydrogen-bond donors (Lipinski definition) is 1. The Morgan fingerprint density at radius 3 is 2.70 bits per heavy atom. The zero-order chi connectivity index (χ0) is 16.5. The standard InChI is InChI=1S/C18H20N2O3/c1-14(16-5-7-17(8-6-16)23-13-22-2)10-18(21)20-12-15-4-3-9-19-11-15/h3-11H,12-13H2,1-2H3,(H,20,21)/b14-10-. The molecule has 0 aliphatic heterocycles. The van der Waals surface area contributed by atoms with Crippen molar-refractivity contribution in [2.24, 2.45) is 0 Å². The number of methoxy groups -OCH3 is 1. The Morgan fingerprint density at radius 2 is 2.04 bits per heavy atom. The lowest BCUT2D eigenvalue weighted by Crippen LogP contribution is -2.20. The monoisotopic (exact) mass is 312 g/mol. The van der Waals surface area contributed by atoms with E-state index in [1.54, 1.807) is 25.6 Å². The number of amides is 1. The summed E-state index contributed by atoms with van der Waals surface area (Å²) in [6, 6.07) is 11.3. The molecule has 0 aliphatic rings. The van der Waals surface area contributed by atoms with Crippen LogP contribution in [0.3, 0.4) is 0 Å². The normalized spacial score (nSPS) is 11.1. The molecule has 0 atom stereocenters. The highest BCUT2D eigenvalue weighted by Gasteiger charge is 2.02. The van der Waals surface area contributed by atoms with Gasteiger partial charge in [0.05, 0.1) is 0 Å². The second-order valence-corrected chi connectivity index (χ2v) is 4.98. The highest BCUT2D eigenvalue weighted by molar-refractivity contribution is 5.94. The number of carbonyl (C=O) groups is 1. The van der Waals surface area contributed by atoms with Crippen LogP contribution in [0.15, 0.2) is 54.9 Å². The fraction of sp³-hybridized carbons (Fsp3) is 0.222. The zero-order valence-electron chi connectivity index (χ0n) is 13.3. The lowest BCUT2D eigenvalue weighted by molar-refractivity contribution is -0.116. The van der Waals surface area contributed by atoms with Crippen molar-refractivity contribution in [3.05, 3.63) is 66.0 Å². The van der Waals surface area contributed by atoms with Crippen LogP contribution in [-0.4, -0.2) is 24.8 Å². The fourth-order valence-electron chi connectivity index (χ4n) is 1.96. The maximum atomic E-state index is 12.0. The van der Waals surface area contributed by atoms with E-state index in [9.17, 15) is 4.79 Å². The number of carbonyl (C=O) groups excluding carboxylic acids is 1. The molecule has 1 N–H and O–H groups in total. The van der Waals surface area contributed by atoms with Gasteiger partial charge in [0.2, 0.25) is 5.91 Å². The first-order valence-electron chi connectivity index (χ1n) is 7.26. The van der Waals surface area contributed by atoms with Crippen molar-refractivity contribution < 1.29 is 14.3 Å². The van der Waals surface area contributed by atoms with Crippen molar-refractivity contribution in [3.8, 4) is 5.75 Å². The van der Waals surface area contributed by atoms with Crippen LogP contribution in [0.5, 0.6) is 5.75 Å². The van der Waals surface area contributed by atoms with Gasteiger partial charge in [-0.1, -0.05) is 18.2 Å². The molecule has 1 aromatic carbocycles. The molecule has 1 aromatic heterocycles. The molecule has 2 rings (SSSR count). The molecule has 0 bridgehead atoms. The number of ether oxygens (including phenoxy) is 2. The first-order chi connectivity index (χ1) is 11.2. The van der Waals surface area contributed by atoms with Gasteiger partial charge in [-0.25, -0.2) is 0 Å². The van der Waals surface area contributed by atoms with E-state index in [2.05, 4.69) is 10.3 Å². The van der Waals surface area contributed by atoms with Gasteiger partial charge in [0, 0.05) is 32.1 Å². The van der Waals surface area contributed by atoms with Gasteiger partial charge in [0.15, 0.2) is 6.79 Å². The Morgan fingerprint density at radius 1 is 1.26 bits per heavy atom.